The predicted octanol–water partition coefficient (Wildman–Crippen LogP) is 3.52. The Bertz CT molecular complexity index is 914. The Morgan fingerprint density at radius 2 is 1.75 bits per heavy atom. The van der Waals surface area contributed by atoms with Crippen LogP contribution in [-0.4, -0.2) is 56.8 Å². The molecule has 1 amide bonds. The fourth-order valence-corrected chi connectivity index (χ4v) is 4.37. The van der Waals surface area contributed by atoms with Crippen molar-refractivity contribution in [1.82, 2.24) is 9.21 Å². The smallest absolute Gasteiger partial charge is 0.253 e. The zero-order valence-corrected chi connectivity index (χ0v) is 17.8. The Hall–Kier alpha value is -2.09. The van der Waals surface area contributed by atoms with Gasteiger partial charge in [-0.05, 0) is 30.3 Å². The second-order valence-electron chi connectivity index (χ2n) is 6.12. The molecule has 0 saturated carbocycles. The first-order valence-electron chi connectivity index (χ1n) is 9.04. The van der Waals surface area contributed by atoms with Gasteiger partial charge in [0.1, 0.15) is 12.4 Å². The van der Waals surface area contributed by atoms with Gasteiger partial charge in [-0.25, -0.2) is 8.42 Å². The van der Waals surface area contributed by atoms with E-state index in [1.54, 1.807) is 45.2 Å². The van der Waals surface area contributed by atoms with Crippen LogP contribution in [-0.2, 0) is 10.0 Å². The van der Waals surface area contributed by atoms with Crippen LogP contribution in [0.2, 0.25) is 5.02 Å². The van der Waals surface area contributed by atoms with Crippen LogP contribution in [0.4, 0.5) is 0 Å². The maximum Gasteiger partial charge on any atom is 0.253 e. The Morgan fingerprint density at radius 1 is 1.07 bits per heavy atom. The summed E-state index contributed by atoms with van der Waals surface area (Å²) in [7, 11) is -1.97. The zero-order chi connectivity index (χ0) is 20.7. The third-order valence-corrected chi connectivity index (χ3v) is 6.65. The number of carbonyl (C=O) groups is 1. The molecule has 0 radical (unpaired) electrons. The van der Waals surface area contributed by atoms with E-state index >= 15 is 0 Å². The summed E-state index contributed by atoms with van der Waals surface area (Å²) >= 11 is 6.04. The lowest BCUT2D eigenvalue weighted by atomic mass is 10.2. The van der Waals surface area contributed by atoms with E-state index in [-0.39, 0.29) is 17.4 Å². The third-order valence-electron chi connectivity index (χ3n) is 4.29. The number of benzene rings is 2. The molecule has 0 bridgehead atoms. The van der Waals surface area contributed by atoms with Crippen molar-refractivity contribution in [2.75, 3.05) is 33.3 Å². The van der Waals surface area contributed by atoms with Crippen molar-refractivity contribution < 1.29 is 17.9 Å². The van der Waals surface area contributed by atoms with Gasteiger partial charge >= 0.3 is 0 Å². The van der Waals surface area contributed by atoms with Gasteiger partial charge in [0, 0.05) is 25.7 Å². The molecule has 0 aliphatic rings. The van der Waals surface area contributed by atoms with Crippen molar-refractivity contribution in [2.24, 2.45) is 0 Å². The fraction of sp³-hybridized carbons (Fsp3) is 0.350. The highest BCUT2D eigenvalue weighted by Crippen LogP contribution is 2.23. The lowest BCUT2D eigenvalue weighted by Crippen LogP contribution is -2.32. The Kier molecular flexibility index (Phi) is 7.86. The SMILES string of the molecule is CCN(CC)S(=O)(=O)c1cccc(C(=O)N(C)CCOc2ccccc2Cl)c1. The van der Waals surface area contributed by atoms with Gasteiger partial charge in [0.15, 0.2) is 0 Å². The summed E-state index contributed by atoms with van der Waals surface area (Å²) in [6, 6.07) is 13.2. The van der Waals surface area contributed by atoms with Crippen LogP contribution in [0.15, 0.2) is 53.4 Å². The number of carbonyl (C=O) groups excluding carboxylic acids is 1. The highest BCUT2D eigenvalue weighted by atomic mass is 35.5. The largest absolute Gasteiger partial charge is 0.490 e. The van der Waals surface area contributed by atoms with E-state index in [4.69, 9.17) is 16.3 Å². The maximum absolute atomic E-state index is 12.7. The summed E-state index contributed by atoms with van der Waals surface area (Å²) in [4.78, 5) is 14.3. The molecule has 2 rings (SSSR count). The predicted molar refractivity (Wildman–Crippen MR) is 110 cm³/mol. The highest BCUT2D eigenvalue weighted by molar-refractivity contribution is 7.89. The van der Waals surface area contributed by atoms with Crippen LogP contribution in [0.5, 0.6) is 5.75 Å². The van der Waals surface area contributed by atoms with Crippen molar-refractivity contribution in [2.45, 2.75) is 18.7 Å². The van der Waals surface area contributed by atoms with Crippen molar-refractivity contribution in [3.05, 3.63) is 59.1 Å². The molecule has 2 aromatic carbocycles. The molecule has 0 heterocycles. The van der Waals surface area contributed by atoms with Crippen LogP contribution in [0.1, 0.15) is 24.2 Å². The number of hydrogen-bond donors (Lipinski definition) is 0. The molecular formula is C20H25ClN2O4S. The lowest BCUT2D eigenvalue weighted by molar-refractivity contribution is 0.0773. The summed E-state index contributed by atoms with van der Waals surface area (Å²) in [5, 5.41) is 0.505. The van der Waals surface area contributed by atoms with E-state index < -0.39 is 10.0 Å². The molecule has 0 aromatic heterocycles. The van der Waals surface area contributed by atoms with Gasteiger partial charge in [0.05, 0.1) is 16.5 Å². The molecule has 0 spiro atoms. The normalized spacial score (nSPS) is 11.5. The highest BCUT2D eigenvalue weighted by Gasteiger charge is 2.23. The Balaban J connectivity index is 2.06. The number of para-hydroxylation sites is 1. The average molecular weight is 425 g/mol. The van der Waals surface area contributed by atoms with Crippen molar-refractivity contribution in [3.8, 4) is 5.75 Å². The maximum atomic E-state index is 12.7. The number of nitrogens with zero attached hydrogens (tertiary/aromatic N) is 2. The van der Waals surface area contributed by atoms with Crippen LogP contribution < -0.4 is 4.74 Å². The molecule has 0 aliphatic heterocycles. The first-order chi connectivity index (χ1) is 13.3. The first kappa shape index (κ1) is 22.2. The van der Waals surface area contributed by atoms with E-state index in [2.05, 4.69) is 0 Å². The van der Waals surface area contributed by atoms with Gasteiger partial charge in [-0.1, -0.05) is 43.6 Å². The molecule has 0 fully saturated rings. The van der Waals surface area contributed by atoms with Crippen molar-refractivity contribution >= 4 is 27.5 Å². The molecule has 6 nitrogen and oxygen atoms in total. The Morgan fingerprint density at radius 3 is 2.39 bits per heavy atom. The fourth-order valence-electron chi connectivity index (χ4n) is 2.68. The molecule has 0 atom stereocenters. The quantitative estimate of drug-likeness (QED) is 0.617. The number of likely N-dealkylation sites (N-methyl/N-ethyl adjacent to an activating group) is 1. The molecule has 0 saturated heterocycles. The number of sulfonamides is 1. The van der Waals surface area contributed by atoms with Crippen LogP contribution >= 0.6 is 11.6 Å². The number of ether oxygens (including phenoxy) is 1. The molecule has 2 aromatic rings. The number of rotatable bonds is 9. The molecule has 0 N–H and O–H groups in total. The zero-order valence-electron chi connectivity index (χ0n) is 16.3. The first-order valence-corrected chi connectivity index (χ1v) is 10.9. The van der Waals surface area contributed by atoms with Gasteiger partial charge in [0.2, 0.25) is 10.0 Å². The van der Waals surface area contributed by atoms with E-state index in [9.17, 15) is 13.2 Å². The summed E-state index contributed by atoms with van der Waals surface area (Å²) < 4.78 is 32.3. The summed E-state index contributed by atoms with van der Waals surface area (Å²) in [6.45, 7) is 4.90. The van der Waals surface area contributed by atoms with Crippen LogP contribution in [0.3, 0.4) is 0 Å². The second-order valence-corrected chi connectivity index (χ2v) is 8.47. The van der Waals surface area contributed by atoms with Gasteiger partial charge in [0.25, 0.3) is 5.91 Å². The van der Waals surface area contributed by atoms with E-state index in [1.165, 1.54) is 21.3 Å². The minimum atomic E-state index is -3.62. The standard InChI is InChI=1S/C20H25ClN2O4S/c1-4-23(5-2)28(25,26)17-10-8-9-16(15-17)20(24)22(3)13-14-27-19-12-7-6-11-18(19)21/h6-12,15H,4-5,13-14H2,1-3H3. The van der Waals surface area contributed by atoms with E-state index in [0.29, 0.717) is 36.0 Å². The summed E-state index contributed by atoms with van der Waals surface area (Å²) in [5.74, 6) is 0.275. The molecule has 28 heavy (non-hydrogen) atoms. The summed E-state index contributed by atoms with van der Waals surface area (Å²) in [5.41, 5.74) is 0.313. The lowest BCUT2D eigenvalue weighted by Gasteiger charge is -2.20. The van der Waals surface area contributed by atoms with Crippen molar-refractivity contribution in [1.29, 1.82) is 0 Å². The van der Waals surface area contributed by atoms with Gasteiger partial charge in [-0.2, -0.15) is 4.31 Å². The molecule has 0 aliphatic carbocycles. The second kappa shape index (κ2) is 9.91. The van der Waals surface area contributed by atoms with Gasteiger partial charge < -0.3 is 9.64 Å². The van der Waals surface area contributed by atoms with Crippen molar-refractivity contribution in [3.63, 3.8) is 0 Å². The topological polar surface area (TPSA) is 66.9 Å². The third kappa shape index (κ3) is 5.25. The molecule has 0 unspecified atom stereocenters. The number of halogens is 1. The molecule has 8 heteroatoms. The monoisotopic (exact) mass is 424 g/mol. The van der Waals surface area contributed by atoms with Gasteiger partial charge in [-0.15, -0.1) is 0 Å². The Labute approximate surface area is 171 Å². The molecule has 152 valence electrons. The number of amides is 1. The van der Waals surface area contributed by atoms with Crippen LogP contribution in [0.25, 0.3) is 0 Å². The van der Waals surface area contributed by atoms with E-state index in [1.807, 2.05) is 12.1 Å². The molecular weight excluding hydrogens is 400 g/mol. The minimum absolute atomic E-state index is 0.114. The van der Waals surface area contributed by atoms with Crippen LogP contribution in [0, 0.1) is 0 Å². The average Bonchev–Trinajstić information content (AvgIpc) is 2.69. The van der Waals surface area contributed by atoms with Gasteiger partial charge in [-0.3, -0.25) is 4.79 Å². The number of hydrogen-bond acceptors (Lipinski definition) is 4. The summed E-state index contributed by atoms with van der Waals surface area (Å²) in [6.07, 6.45) is 0. The minimum Gasteiger partial charge on any atom is -0.490 e. The van der Waals surface area contributed by atoms with E-state index in [0.717, 1.165) is 0 Å².